The Morgan fingerprint density at radius 3 is 2.59 bits per heavy atom. The lowest BCUT2D eigenvalue weighted by atomic mass is 9.96. The first-order valence-corrected chi connectivity index (χ1v) is 9.59. The quantitative estimate of drug-likeness (QED) is 0.774. The lowest BCUT2D eigenvalue weighted by molar-refractivity contribution is -0.111. The highest BCUT2D eigenvalue weighted by Gasteiger charge is 2.20. The zero-order chi connectivity index (χ0) is 20.2. The number of amides is 1. The lowest BCUT2D eigenvalue weighted by Crippen LogP contribution is -2.24. The van der Waals surface area contributed by atoms with Crippen LogP contribution in [0.2, 0.25) is 0 Å². The Balaban J connectivity index is 1.58. The van der Waals surface area contributed by atoms with Gasteiger partial charge < -0.3 is 29.6 Å². The summed E-state index contributed by atoms with van der Waals surface area (Å²) >= 11 is 0. The minimum absolute atomic E-state index is 0.236. The Morgan fingerprint density at radius 1 is 1.07 bits per heavy atom. The van der Waals surface area contributed by atoms with E-state index >= 15 is 0 Å². The smallest absolute Gasteiger partial charge is 0.250 e. The maximum Gasteiger partial charge on any atom is 0.250 e. The number of rotatable bonds is 4. The van der Waals surface area contributed by atoms with E-state index in [0.29, 0.717) is 30.4 Å². The predicted molar refractivity (Wildman–Crippen MR) is 110 cm³/mol. The molecule has 0 fully saturated rings. The van der Waals surface area contributed by atoms with Crippen LogP contribution in [0.25, 0.3) is 5.70 Å². The third-order valence-corrected chi connectivity index (χ3v) is 4.90. The van der Waals surface area contributed by atoms with Gasteiger partial charge in [-0.05, 0) is 36.2 Å². The first kappa shape index (κ1) is 19.0. The van der Waals surface area contributed by atoms with Gasteiger partial charge in [-0.1, -0.05) is 0 Å². The third-order valence-electron chi connectivity index (χ3n) is 4.90. The van der Waals surface area contributed by atoms with Crippen LogP contribution in [0.3, 0.4) is 0 Å². The van der Waals surface area contributed by atoms with Crippen molar-refractivity contribution in [1.29, 1.82) is 0 Å². The lowest BCUT2D eigenvalue weighted by Gasteiger charge is -2.23. The van der Waals surface area contributed by atoms with Gasteiger partial charge in [0.2, 0.25) is 5.91 Å². The molecular weight excluding hydrogens is 372 g/mol. The molecule has 7 heteroatoms. The molecule has 1 amide bonds. The van der Waals surface area contributed by atoms with Gasteiger partial charge in [-0.25, -0.2) is 0 Å². The van der Waals surface area contributed by atoms with Crippen molar-refractivity contribution in [3.63, 3.8) is 0 Å². The summed E-state index contributed by atoms with van der Waals surface area (Å²) in [6.07, 6.45) is 3.29. The number of anilines is 1. The van der Waals surface area contributed by atoms with Gasteiger partial charge in [-0.2, -0.15) is 0 Å². The Morgan fingerprint density at radius 2 is 1.83 bits per heavy atom. The molecule has 152 valence electrons. The summed E-state index contributed by atoms with van der Waals surface area (Å²) in [5, 5.41) is 6.19. The Kier molecular flexibility index (Phi) is 5.46. The highest BCUT2D eigenvalue weighted by molar-refractivity contribution is 6.04. The Bertz CT molecular complexity index is 954. The molecular formula is C22H24N2O5. The van der Waals surface area contributed by atoms with Crippen molar-refractivity contribution in [1.82, 2.24) is 5.32 Å². The number of carbonyl (C=O) groups excluding carboxylic acids is 1. The van der Waals surface area contributed by atoms with Gasteiger partial charge in [0.05, 0.1) is 27.4 Å². The van der Waals surface area contributed by atoms with E-state index in [-0.39, 0.29) is 5.91 Å². The molecule has 0 radical (unpaired) electrons. The molecule has 2 aromatic carbocycles. The number of hydrogen-bond donors (Lipinski definition) is 2. The van der Waals surface area contributed by atoms with Crippen molar-refractivity contribution >= 4 is 17.3 Å². The molecule has 2 aliphatic rings. The standard InChI is InChI=1S/C22H24N2O5/c1-26-18-5-4-15(11-19(18)27-2)24-22(25)13-17-16-12-21-20(28-8-3-9-29-21)10-14(16)6-7-23-17/h4-5,10-13,23H,3,6-9H2,1-2H3,(H,24,25)/b17-13-. The number of hydrogen-bond acceptors (Lipinski definition) is 6. The largest absolute Gasteiger partial charge is 0.493 e. The molecule has 0 unspecified atom stereocenters. The van der Waals surface area contributed by atoms with Crippen molar-refractivity contribution in [3.8, 4) is 23.0 Å². The second kappa shape index (κ2) is 8.34. The van der Waals surface area contributed by atoms with Gasteiger partial charge in [0.15, 0.2) is 23.0 Å². The van der Waals surface area contributed by atoms with Crippen LogP contribution in [0.1, 0.15) is 17.5 Å². The fourth-order valence-corrected chi connectivity index (χ4v) is 3.49. The number of benzene rings is 2. The number of carbonyl (C=O) groups is 1. The molecule has 0 bridgehead atoms. The van der Waals surface area contributed by atoms with Crippen LogP contribution in [-0.2, 0) is 11.2 Å². The average molecular weight is 396 g/mol. The van der Waals surface area contributed by atoms with Crippen LogP contribution in [0, 0.1) is 0 Å². The zero-order valence-electron chi connectivity index (χ0n) is 16.5. The van der Waals surface area contributed by atoms with Gasteiger partial charge in [-0.15, -0.1) is 0 Å². The minimum Gasteiger partial charge on any atom is -0.493 e. The number of nitrogens with one attached hydrogen (secondary N) is 2. The second-order valence-electron chi connectivity index (χ2n) is 6.80. The van der Waals surface area contributed by atoms with Crippen molar-refractivity contribution in [2.45, 2.75) is 12.8 Å². The van der Waals surface area contributed by atoms with Crippen molar-refractivity contribution < 1.29 is 23.7 Å². The summed E-state index contributed by atoms with van der Waals surface area (Å²) in [4.78, 5) is 12.6. The SMILES string of the molecule is COc1ccc(NC(=O)/C=C2\NCCc3cc4c(cc32)OCCCO4)cc1OC. The van der Waals surface area contributed by atoms with Gasteiger partial charge in [0.1, 0.15) is 0 Å². The van der Waals surface area contributed by atoms with E-state index < -0.39 is 0 Å². The van der Waals surface area contributed by atoms with Gasteiger partial charge in [-0.3, -0.25) is 4.79 Å². The summed E-state index contributed by atoms with van der Waals surface area (Å²) in [6.45, 7) is 2.03. The van der Waals surface area contributed by atoms with E-state index in [0.717, 1.165) is 47.7 Å². The van der Waals surface area contributed by atoms with Gasteiger partial charge in [0, 0.05) is 42.1 Å². The highest BCUT2D eigenvalue weighted by Crippen LogP contribution is 2.36. The van der Waals surface area contributed by atoms with Crippen LogP contribution in [0.15, 0.2) is 36.4 Å². The summed E-state index contributed by atoms with van der Waals surface area (Å²) in [5.74, 6) is 2.42. The molecule has 2 N–H and O–H groups in total. The topological polar surface area (TPSA) is 78.1 Å². The minimum atomic E-state index is -0.236. The first-order valence-electron chi connectivity index (χ1n) is 9.59. The summed E-state index contributed by atoms with van der Waals surface area (Å²) < 4.78 is 22.1. The van der Waals surface area contributed by atoms with Crippen LogP contribution in [0.4, 0.5) is 5.69 Å². The maximum atomic E-state index is 12.6. The molecule has 0 saturated heterocycles. The van der Waals surface area contributed by atoms with E-state index in [4.69, 9.17) is 18.9 Å². The van der Waals surface area contributed by atoms with Gasteiger partial charge >= 0.3 is 0 Å². The monoisotopic (exact) mass is 396 g/mol. The van der Waals surface area contributed by atoms with Crippen molar-refractivity contribution in [3.05, 3.63) is 47.5 Å². The summed E-state index contributed by atoms with van der Waals surface area (Å²) in [5.41, 5.74) is 3.49. The molecule has 2 aromatic rings. The highest BCUT2D eigenvalue weighted by atomic mass is 16.5. The van der Waals surface area contributed by atoms with Crippen LogP contribution < -0.4 is 29.6 Å². The normalized spacial score (nSPS) is 16.3. The summed E-state index contributed by atoms with van der Waals surface area (Å²) in [6, 6.07) is 9.23. The average Bonchev–Trinajstić information content (AvgIpc) is 2.97. The van der Waals surface area contributed by atoms with E-state index in [1.54, 1.807) is 38.5 Å². The zero-order valence-corrected chi connectivity index (χ0v) is 16.5. The van der Waals surface area contributed by atoms with E-state index in [9.17, 15) is 4.79 Å². The van der Waals surface area contributed by atoms with E-state index in [1.165, 1.54) is 0 Å². The number of methoxy groups -OCH3 is 2. The predicted octanol–water partition coefficient (Wildman–Crippen LogP) is 2.99. The molecule has 0 spiro atoms. The molecule has 0 atom stereocenters. The second-order valence-corrected chi connectivity index (χ2v) is 6.80. The fourth-order valence-electron chi connectivity index (χ4n) is 3.49. The van der Waals surface area contributed by atoms with Crippen LogP contribution in [0.5, 0.6) is 23.0 Å². The van der Waals surface area contributed by atoms with Crippen LogP contribution >= 0.6 is 0 Å². The summed E-state index contributed by atoms with van der Waals surface area (Å²) in [7, 11) is 3.13. The first-order chi connectivity index (χ1) is 14.2. The fraction of sp³-hybridized carbons (Fsp3) is 0.318. The molecule has 4 rings (SSSR count). The molecule has 2 heterocycles. The molecule has 0 aromatic heterocycles. The molecule has 0 saturated carbocycles. The Labute approximate surface area is 169 Å². The maximum absolute atomic E-state index is 12.6. The van der Waals surface area contributed by atoms with Gasteiger partial charge in [0.25, 0.3) is 0 Å². The van der Waals surface area contributed by atoms with Crippen LogP contribution in [-0.4, -0.2) is 39.9 Å². The van der Waals surface area contributed by atoms with Crippen molar-refractivity contribution in [2.24, 2.45) is 0 Å². The molecule has 7 nitrogen and oxygen atoms in total. The molecule has 2 aliphatic heterocycles. The Hall–Kier alpha value is -3.35. The van der Waals surface area contributed by atoms with E-state index in [1.807, 2.05) is 12.1 Å². The third kappa shape index (κ3) is 4.08. The number of fused-ring (bicyclic) bond motifs is 2. The molecule has 0 aliphatic carbocycles. The number of ether oxygens (including phenoxy) is 4. The molecule has 29 heavy (non-hydrogen) atoms. The van der Waals surface area contributed by atoms with Crippen molar-refractivity contribution in [2.75, 3.05) is 39.3 Å². The van der Waals surface area contributed by atoms with E-state index in [2.05, 4.69) is 10.6 Å².